The minimum atomic E-state index is 0.139. The number of carbonyl (C=O) groups is 1. The SMILES string of the molecule is CCn1c([C@@H]2CCN(C(=O)c3cccs3)C2)nc2cccnc21. The normalized spacial score (nSPS) is 18.0. The summed E-state index contributed by atoms with van der Waals surface area (Å²) in [6, 6.07) is 7.74. The van der Waals surface area contributed by atoms with Gasteiger partial charge in [-0.3, -0.25) is 4.79 Å². The molecule has 6 heteroatoms. The lowest BCUT2D eigenvalue weighted by molar-refractivity contribution is 0.0795. The van der Waals surface area contributed by atoms with Gasteiger partial charge in [-0.1, -0.05) is 6.07 Å². The van der Waals surface area contributed by atoms with Gasteiger partial charge in [-0.05, 0) is 36.9 Å². The standard InChI is InChI=1S/C17H18N4OS/c1-2-21-15(19-13-5-3-8-18-16(13)21)12-7-9-20(11-12)17(22)14-6-4-10-23-14/h3-6,8,10,12H,2,7,9,11H2,1H3/t12-/m1/s1. The van der Waals surface area contributed by atoms with Gasteiger partial charge in [0.2, 0.25) is 0 Å². The number of carbonyl (C=O) groups excluding carboxylic acids is 1. The summed E-state index contributed by atoms with van der Waals surface area (Å²) in [5, 5.41) is 1.95. The van der Waals surface area contributed by atoms with Gasteiger partial charge in [0.15, 0.2) is 5.65 Å². The molecule has 0 aliphatic carbocycles. The van der Waals surface area contributed by atoms with Gasteiger partial charge >= 0.3 is 0 Å². The number of aryl methyl sites for hydroxylation is 1. The van der Waals surface area contributed by atoms with E-state index in [0.717, 1.165) is 47.9 Å². The fourth-order valence-corrected chi connectivity index (χ4v) is 4.00. The predicted octanol–water partition coefficient (Wildman–Crippen LogP) is 3.14. The smallest absolute Gasteiger partial charge is 0.263 e. The van der Waals surface area contributed by atoms with Crippen molar-refractivity contribution in [3.63, 3.8) is 0 Å². The lowest BCUT2D eigenvalue weighted by Crippen LogP contribution is -2.28. The highest BCUT2D eigenvalue weighted by Gasteiger charge is 2.31. The van der Waals surface area contributed by atoms with E-state index in [0.29, 0.717) is 0 Å². The largest absolute Gasteiger partial charge is 0.337 e. The van der Waals surface area contributed by atoms with Crippen molar-refractivity contribution in [1.82, 2.24) is 19.4 Å². The average Bonchev–Trinajstić information content (AvgIpc) is 3.31. The molecule has 3 aromatic heterocycles. The number of amides is 1. The molecule has 0 aromatic carbocycles. The molecule has 1 saturated heterocycles. The second kappa shape index (κ2) is 5.77. The van der Waals surface area contributed by atoms with Crippen molar-refractivity contribution in [3.8, 4) is 0 Å². The Kier molecular flexibility index (Phi) is 3.61. The van der Waals surface area contributed by atoms with Crippen molar-refractivity contribution < 1.29 is 4.79 Å². The van der Waals surface area contributed by atoms with Crippen molar-refractivity contribution in [3.05, 3.63) is 46.5 Å². The molecule has 0 unspecified atom stereocenters. The number of likely N-dealkylation sites (tertiary alicyclic amines) is 1. The third kappa shape index (κ3) is 2.43. The molecule has 4 heterocycles. The first-order valence-electron chi connectivity index (χ1n) is 7.92. The Hall–Kier alpha value is -2.21. The number of pyridine rings is 1. The van der Waals surface area contributed by atoms with Crippen LogP contribution in [0.2, 0.25) is 0 Å². The lowest BCUT2D eigenvalue weighted by atomic mass is 10.1. The molecule has 1 fully saturated rings. The predicted molar refractivity (Wildman–Crippen MR) is 90.8 cm³/mol. The first-order valence-corrected chi connectivity index (χ1v) is 8.80. The van der Waals surface area contributed by atoms with Crippen LogP contribution in [0.15, 0.2) is 35.8 Å². The first-order chi connectivity index (χ1) is 11.3. The second-order valence-corrected chi connectivity index (χ2v) is 6.72. The minimum absolute atomic E-state index is 0.139. The number of hydrogen-bond acceptors (Lipinski definition) is 4. The molecule has 0 N–H and O–H groups in total. The summed E-state index contributed by atoms with van der Waals surface area (Å²) in [5.74, 6) is 1.48. The molecule has 0 spiro atoms. The highest BCUT2D eigenvalue weighted by atomic mass is 32.1. The lowest BCUT2D eigenvalue weighted by Gasteiger charge is -2.16. The fourth-order valence-electron chi connectivity index (χ4n) is 3.31. The maximum Gasteiger partial charge on any atom is 0.263 e. The molecule has 1 amide bonds. The van der Waals surface area contributed by atoms with Crippen LogP contribution in [0.4, 0.5) is 0 Å². The Morgan fingerprint density at radius 2 is 2.30 bits per heavy atom. The van der Waals surface area contributed by atoms with Gasteiger partial charge in [0.05, 0.1) is 4.88 Å². The van der Waals surface area contributed by atoms with Crippen molar-refractivity contribution in [2.45, 2.75) is 25.8 Å². The molecule has 118 valence electrons. The summed E-state index contributed by atoms with van der Waals surface area (Å²) in [6.07, 6.45) is 2.77. The molecule has 1 aliphatic heterocycles. The van der Waals surface area contributed by atoms with E-state index < -0.39 is 0 Å². The van der Waals surface area contributed by atoms with Gasteiger partial charge in [0.25, 0.3) is 5.91 Å². The zero-order valence-electron chi connectivity index (χ0n) is 13.0. The van der Waals surface area contributed by atoms with Crippen LogP contribution >= 0.6 is 11.3 Å². The molecule has 0 bridgehead atoms. The zero-order valence-corrected chi connectivity index (χ0v) is 13.8. The number of imidazole rings is 1. The summed E-state index contributed by atoms with van der Waals surface area (Å²) in [7, 11) is 0. The summed E-state index contributed by atoms with van der Waals surface area (Å²) in [5.41, 5.74) is 1.88. The van der Waals surface area contributed by atoms with Crippen LogP contribution in [-0.4, -0.2) is 38.4 Å². The number of rotatable bonds is 3. The summed E-state index contributed by atoms with van der Waals surface area (Å²) in [4.78, 5) is 24.5. The van der Waals surface area contributed by atoms with Gasteiger partial charge in [0, 0.05) is 31.7 Å². The molecule has 5 nitrogen and oxygen atoms in total. The Bertz CT molecular complexity index is 840. The topological polar surface area (TPSA) is 51.0 Å². The number of aromatic nitrogens is 3. The maximum atomic E-state index is 12.5. The third-order valence-corrected chi connectivity index (χ3v) is 5.28. The molecule has 23 heavy (non-hydrogen) atoms. The molecular weight excluding hydrogens is 308 g/mol. The second-order valence-electron chi connectivity index (χ2n) is 5.77. The zero-order chi connectivity index (χ0) is 15.8. The number of hydrogen-bond donors (Lipinski definition) is 0. The van der Waals surface area contributed by atoms with Crippen molar-refractivity contribution in [2.75, 3.05) is 13.1 Å². The fraction of sp³-hybridized carbons (Fsp3) is 0.353. The Morgan fingerprint density at radius 3 is 3.09 bits per heavy atom. The van der Waals surface area contributed by atoms with E-state index >= 15 is 0 Å². The first kappa shape index (κ1) is 14.4. The van der Waals surface area contributed by atoms with E-state index in [1.165, 1.54) is 11.3 Å². The van der Waals surface area contributed by atoms with Crippen LogP contribution in [0.5, 0.6) is 0 Å². The van der Waals surface area contributed by atoms with E-state index in [-0.39, 0.29) is 11.8 Å². The monoisotopic (exact) mass is 326 g/mol. The number of fused-ring (bicyclic) bond motifs is 1. The molecule has 3 aromatic rings. The Balaban J connectivity index is 1.61. The Labute approximate surface area is 138 Å². The number of nitrogens with zero attached hydrogens (tertiary/aromatic N) is 4. The number of thiophene rings is 1. The molecule has 1 atom stereocenters. The van der Waals surface area contributed by atoms with Crippen LogP contribution in [0.1, 0.15) is 34.8 Å². The van der Waals surface area contributed by atoms with E-state index in [1.807, 2.05) is 34.5 Å². The van der Waals surface area contributed by atoms with Gasteiger partial charge in [-0.15, -0.1) is 11.3 Å². The third-order valence-electron chi connectivity index (χ3n) is 4.42. The molecule has 4 rings (SSSR count). The van der Waals surface area contributed by atoms with Crippen LogP contribution < -0.4 is 0 Å². The van der Waals surface area contributed by atoms with E-state index in [4.69, 9.17) is 4.98 Å². The quantitative estimate of drug-likeness (QED) is 0.743. The molecular formula is C17H18N4OS. The van der Waals surface area contributed by atoms with Gasteiger partial charge < -0.3 is 9.47 Å². The van der Waals surface area contributed by atoms with E-state index in [9.17, 15) is 4.79 Å². The molecule has 0 saturated carbocycles. The average molecular weight is 326 g/mol. The van der Waals surface area contributed by atoms with Gasteiger partial charge in [0.1, 0.15) is 11.3 Å². The van der Waals surface area contributed by atoms with Crippen LogP contribution in [0.3, 0.4) is 0 Å². The van der Waals surface area contributed by atoms with Crippen molar-refractivity contribution >= 4 is 28.4 Å². The molecule has 0 radical (unpaired) electrons. The maximum absolute atomic E-state index is 12.5. The molecule has 1 aliphatic rings. The minimum Gasteiger partial charge on any atom is -0.337 e. The Morgan fingerprint density at radius 1 is 1.39 bits per heavy atom. The van der Waals surface area contributed by atoms with Crippen molar-refractivity contribution in [1.29, 1.82) is 0 Å². The summed E-state index contributed by atoms with van der Waals surface area (Å²) < 4.78 is 2.18. The highest BCUT2D eigenvalue weighted by molar-refractivity contribution is 7.12. The van der Waals surface area contributed by atoms with Crippen LogP contribution in [-0.2, 0) is 6.54 Å². The summed E-state index contributed by atoms with van der Waals surface area (Å²) >= 11 is 1.50. The summed E-state index contributed by atoms with van der Waals surface area (Å²) in [6.45, 7) is 4.49. The van der Waals surface area contributed by atoms with E-state index in [1.54, 1.807) is 6.20 Å². The van der Waals surface area contributed by atoms with Gasteiger partial charge in [-0.2, -0.15) is 0 Å². The highest BCUT2D eigenvalue weighted by Crippen LogP contribution is 2.30. The van der Waals surface area contributed by atoms with Gasteiger partial charge in [-0.25, -0.2) is 9.97 Å². The van der Waals surface area contributed by atoms with Crippen molar-refractivity contribution in [2.24, 2.45) is 0 Å². The van der Waals surface area contributed by atoms with Crippen LogP contribution in [0, 0.1) is 0 Å². The van der Waals surface area contributed by atoms with E-state index in [2.05, 4.69) is 16.5 Å². The van der Waals surface area contributed by atoms with Crippen LogP contribution in [0.25, 0.3) is 11.2 Å².